The van der Waals surface area contributed by atoms with Crippen molar-refractivity contribution in [3.8, 4) is 6.57 Å². The van der Waals surface area contributed by atoms with Crippen molar-refractivity contribution in [3.05, 3.63) is 0 Å². The molecule has 0 saturated heterocycles. The van der Waals surface area contributed by atoms with Gasteiger partial charge in [-0.05, 0) is 0 Å². The molecule has 5 nitrogen and oxygen atoms in total. The molecular formula is CH13N5. The summed E-state index contributed by atoms with van der Waals surface area (Å²) >= 11 is 0. The molecule has 0 radical (unpaired) electrons. The van der Waals surface area contributed by atoms with Crippen LogP contribution in [0.4, 0.5) is 0 Å². The van der Waals surface area contributed by atoms with Gasteiger partial charge in [0.25, 0.3) is 0 Å². The van der Waals surface area contributed by atoms with Crippen LogP contribution in [0.2, 0.25) is 0 Å². The highest BCUT2D eigenvalue weighted by Crippen LogP contribution is 0.586. The number of rotatable bonds is 0. The van der Waals surface area contributed by atoms with Gasteiger partial charge < -0.3 is 24.6 Å². The monoisotopic (exact) mass is 95.1 g/mol. The van der Waals surface area contributed by atoms with Crippen LogP contribution >= 0.6 is 0 Å². The van der Waals surface area contributed by atoms with Crippen LogP contribution < -0.4 is 24.6 Å². The second kappa shape index (κ2) is 107. The Morgan fingerprint density at radius 2 is 0.667 bits per heavy atom. The fourth-order valence-electron chi connectivity index (χ4n) is 0. The van der Waals surface area contributed by atoms with E-state index in [9.17, 15) is 0 Å². The third-order valence-electron chi connectivity index (χ3n) is 0. The van der Waals surface area contributed by atoms with Crippen LogP contribution in [0.1, 0.15) is 0 Å². The largest absolute Gasteiger partial charge is 0.344 e. The first-order chi connectivity index (χ1) is 1.00. The van der Waals surface area contributed by atoms with E-state index in [0.29, 0.717) is 0 Å². The molecule has 0 aromatic carbocycles. The second-order valence-corrected chi connectivity index (χ2v) is 0. The van der Waals surface area contributed by atoms with Gasteiger partial charge in [-0.25, -0.2) is 5.26 Å². The molecule has 0 aromatic heterocycles. The zero-order valence-electron chi connectivity index (χ0n) is 3.85. The number of nitriles is 1. The first kappa shape index (κ1) is 918. The Kier molecular flexibility index (Phi) is 16400. The lowest BCUT2D eigenvalue weighted by atomic mass is 11.9. The zero-order valence-corrected chi connectivity index (χ0v) is 3.85. The summed E-state index contributed by atoms with van der Waals surface area (Å²) in [5.41, 5.74) is 0. The van der Waals surface area contributed by atoms with Crippen LogP contribution in [0.3, 0.4) is 0 Å². The molecule has 0 bridgehead atoms. The summed E-state index contributed by atoms with van der Waals surface area (Å²) in [5.74, 6) is 0. The second-order valence-electron chi connectivity index (χ2n) is 0. The van der Waals surface area contributed by atoms with Gasteiger partial charge in [-0.1, -0.05) is 0 Å². The predicted octanol–water partition coefficient (Wildman–Crippen LogP) is 0.788. The molecular weight excluding hydrogens is 82.0 g/mol. The highest BCUT2D eigenvalue weighted by Gasteiger charge is 0.513. The Morgan fingerprint density at radius 3 is 0.667 bits per heavy atom. The molecule has 0 amide bonds. The average molecular weight is 95.2 g/mol. The van der Waals surface area contributed by atoms with Crippen molar-refractivity contribution in [2.24, 2.45) is 0 Å². The Morgan fingerprint density at radius 1 is 0.667 bits per heavy atom. The Hall–Kier alpha value is -0.670. The van der Waals surface area contributed by atoms with E-state index < -0.39 is 0 Å². The van der Waals surface area contributed by atoms with Crippen molar-refractivity contribution in [3.63, 3.8) is 0 Å². The molecule has 0 atom stereocenters. The van der Waals surface area contributed by atoms with Crippen LogP contribution in [0.15, 0.2) is 0 Å². The average Bonchev–Trinajstić information content (AvgIpc) is 1.00. The minimum absolute atomic E-state index is 0. The SMILES string of the molecule is C#N.N.N.N.N. The van der Waals surface area contributed by atoms with E-state index in [1.807, 2.05) is 0 Å². The molecule has 5 heteroatoms. The molecule has 12 N–H and O–H groups in total. The Balaban J connectivity index is -0.000000000833. The van der Waals surface area contributed by atoms with Crippen molar-refractivity contribution in [2.75, 3.05) is 0 Å². The van der Waals surface area contributed by atoms with Crippen molar-refractivity contribution in [2.45, 2.75) is 0 Å². The Labute approximate surface area is 37.7 Å². The molecule has 0 aliphatic heterocycles. The normalized spacial score (nSPS) is 0.333. The summed E-state index contributed by atoms with van der Waals surface area (Å²) in [6, 6.07) is 0. The predicted molar refractivity (Wildman–Crippen MR) is 26.8 cm³/mol. The molecule has 0 heterocycles. The lowest BCUT2D eigenvalue weighted by Crippen LogP contribution is -0.569. The Bertz CT molecular complexity index is 8.66. The standard InChI is InChI=1S/CHN.4H3N/c1-2;;;;/h1H;4*1H3. The summed E-state index contributed by atoms with van der Waals surface area (Å²) < 4.78 is 0. The third-order valence-corrected chi connectivity index (χ3v) is 0. The summed E-state index contributed by atoms with van der Waals surface area (Å²) in [5, 5.41) is 6.50. The topological polar surface area (TPSA) is 164 Å². The van der Waals surface area contributed by atoms with Gasteiger partial charge in [0.15, 0.2) is 0 Å². The van der Waals surface area contributed by atoms with Gasteiger partial charge in [0, 0.05) is 6.57 Å². The maximum absolute atomic E-state index is 6.50. The fourth-order valence-corrected chi connectivity index (χ4v) is 0. The maximum atomic E-state index is 6.50. The first-order valence-corrected chi connectivity index (χ1v) is 0.258. The van der Waals surface area contributed by atoms with Gasteiger partial charge in [-0.3, -0.25) is 0 Å². The van der Waals surface area contributed by atoms with E-state index in [-0.39, 0.29) is 24.6 Å². The van der Waals surface area contributed by atoms with Gasteiger partial charge in [0.2, 0.25) is 0 Å². The maximum Gasteiger partial charge on any atom is 0.0462 e. The minimum atomic E-state index is 0. The number of hydrogen-bond donors (Lipinski definition) is 4. The van der Waals surface area contributed by atoms with E-state index in [4.69, 9.17) is 5.26 Å². The molecule has 0 aliphatic rings. The van der Waals surface area contributed by atoms with E-state index in [0.717, 1.165) is 0 Å². The summed E-state index contributed by atoms with van der Waals surface area (Å²) in [6.07, 6.45) is 0. The van der Waals surface area contributed by atoms with Crippen molar-refractivity contribution >= 4 is 0 Å². The summed E-state index contributed by atoms with van der Waals surface area (Å²) in [7, 11) is 0. The van der Waals surface area contributed by atoms with Gasteiger partial charge in [0.05, 0.1) is 0 Å². The van der Waals surface area contributed by atoms with Gasteiger partial charge in [-0.15, -0.1) is 0 Å². The number of nitrogens with zero attached hydrogens (tertiary/aromatic N) is 1. The van der Waals surface area contributed by atoms with Crippen LogP contribution in [0, 0.1) is 11.8 Å². The summed E-state index contributed by atoms with van der Waals surface area (Å²) in [4.78, 5) is 0. The number of hydrogen-bond acceptors (Lipinski definition) is 5. The lowest BCUT2D eigenvalue weighted by Gasteiger charge is -0.668. The highest BCUT2D eigenvalue weighted by atomic mass is 14.2. The molecule has 0 saturated carbocycles. The highest BCUT2D eigenvalue weighted by molar-refractivity contribution is 4.03. The molecule has 42 valence electrons. The summed E-state index contributed by atoms with van der Waals surface area (Å²) in [6.45, 7) is 3.50. The third kappa shape index (κ3) is 40.3. The van der Waals surface area contributed by atoms with Crippen LogP contribution in [0.25, 0.3) is 0 Å². The zero-order chi connectivity index (χ0) is 2.00. The van der Waals surface area contributed by atoms with Crippen LogP contribution in [0.5, 0.6) is 0 Å². The van der Waals surface area contributed by atoms with Gasteiger partial charge in [0.1, 0.15) is 0 Å². The molecule has 0 spiro atoms. The van der Waals surface area contributed by atoms with E-state index in [1.54, 1.807) is 0 Å². The van der Waals surface area contributed by atoms with Crippen molar-refractivity contribution in [1.29, 1.82) is 5.26 Å². The van der Waals surface area contributed by atoms with Crippen molar-refractivity contribution in [1.82, 2.24) is 24.6 Å². The van der Waals surface area contributed by atoms with Gasteiger partial charge in [-0.2, -0.15) is 0 Å². The molecule has 0 rings (SSSR count). The van der Waals surface area contributed by atoms with E-state index in [2.05, 4.69) is 6.57 Å². The molecule has 0 aliphatic carbocycles. The van der Waals surface area contributed by atoms with Crippen LogP contribution in [-0.4, -0.2) is 0 Å². The van der Waals surface area contributed by atoms with E-state index >= 15 is 0 Å². The first-order valence-electron chi connectivity index (χ1n) is 0.258. The smallest absolute Gasteiger partial charge is 0.0462 e. The van der Waals surface area contributed by atoms with Gasteiger partial charge >= 0.3 is 0 Å². The molecule has 0 aromatic rings. The van der Waals surface area contributed by atoms with E-state index in [1.165, 1.54) is 0 Å². The minimum Gasteiger partial charge on any atom is -0.344 e. The lowest BCUT2D eigenvalue weighted by molar-refractivity contribution is 1.58. The molecule has 0 fully saturated rings. The van der Waals surface area contributed by atoms with Crippen molar-refractivity contribution < 1.29 is 0 Å². The fraction of sp³-hybridized carbons (Fsp3) is 0. The van der Waals surface area contributed by atoms with Crippen LogP contribution in [-0.2, 0) is 0 Å². The quantitative estimate of drug-likeness (QED) is 0.348. The molecule has 0 unspecified atom stereocenters. The molecule has 6 heavy (non-hydrogen) atoms.